The number of hydrogen-bond acceptors (Lipinski definition) is 6. The number of nitrogens with two attached hydrogens (primary N) is 1. The molecule has 0 radical (unpaired) electrons. The highest BCUT2D eigenvalue weighted by Gasteiger charge is 1.81. The molecular formula is C19H39N3O6. The monoisotopic (exact) mass is 405 g/mol. The van der Waals surface area contributed by atoms with Gasteiger partial charge in [0.1, 0.15) is 12.1 Å². The van der Waals surface area contributed by atoms with E-state index in [-0.39, 0.29) is 18.1 Å². The number of rotatable bonds is 5. The van der Waals surface area contributed by atoms with Gasteiger partial charge in [0.15, 0.2) is 0 Å². The largest absolute Gasteiger partial charge is 0.481 e. The third-order valence-electron chi connectivity index (χ3n) is 1.74. The lowest BCUT2D eigenvalue weighted by Crippen LogP contribution is -2.06. The van der Waals surface area contributed by atoms with Crippen LogP contribution in [-0.4, -0.2) is 47.0 Å². The zero-order chi connectivity index (χ0) is 23.8. The van der Waals surface area contributed by atoms with E-state index >= 15 is 0 Å². The fraction of sp³-hybridized carbons (Fsp3) is 0.684. The van der Waals surface area contributed by atoms with Crippen molar-refractivity contribution in [2.45, 2.75) is 80.6 Å². The summed E-state index contributed by atoms with van der Waals surface area (Å²) in [7, 11) is 0. The van der Waals surface area contributed by atoms with Gasteiger partial charge in [0, 0.05) is 38.8 Å². The highest BCUT2D eigenvalue weighted by atomic mass is 16.4. The molecule has 0 fully saturated rings. The summed E-state index contributed by atoms with van der Waals surface area (Å²) in [6.45, 7) is 19.0. The summed E-state index contributed by atoms with van der Waals surface area (Å²) in [5.41, 5.74) is 4.65. The summed E-state index contributed by atoms with van der Waals surface area (Å²) in [6.07, 6.45) is 5.08. The molecule has 0 aromatic heterocycles. The molecule has 0 aliphatic rings. The fourth-order valence-corrected chi connectivity index (χ4v) is 0.0816. The molecule has 0 spiro atoms. The number of aldehydes is 1. The van der Waals surface area contributed by atoms with Crippen molar-refractivity contribution in [1.29, 1.82) is 0 Å². The van der Waals surface area contributed by atoms with Gasteiger partial charge in [0.25, 0.3) is 0 Å². The normalized spacial score (nSPS) is 7.36. The number of ketones is 1. The summed E-state index contributed by atoms with van der Waals surface area (Å²) < 4.78 is 0. The SMILES string of the molecule is CC/C=N/O.CCC(=O)O.CCC(C)=O.CCC(N)=O.CCC=O.[C-]#[N+]CC. The van der Waals surface area contributed by atoms with Crippen LogP contribution in [0.25, 0.3) is 4.85 Å². The number of amides is 1. The fourth-order valence-electron chi connectivity index (χ4n) is 0.0816. The predicted molar refractivity (Wildman–Crippen MR) is 112 cm³/mol. The third kappa shape index (κ3) is 219. The Kier molecular flexibility index (Phi) is 71.0. The second-order valence-corrected chi connectivity index (χ2v) is 4.38. The lowest BCUT2D eigenvalue weighted by Gasteiger charge is -1.73. The molecule has 9 heteroatoms. The van der Waals surface area contributed by atoms with E-state index in [0.29, 0.717) is 25.8 Å². The molecule has 0 unspecified atom stereocenters. The van der Waals surface area contributed by atoms with Gasteiger partial charge in [-0.2, -0.15) is 0 Å². The summed E-state index contributed by atoms with van der Waals surface area (Å²) in [5, 5.41) is 18.1. The Balaban J connectivity index is -0.0000000520. The zero-order valence-electron chi connectivity index (χ0n) is 18.4. The number of primary amides is 1. The average Bonchev–Trinajstić information content (AvgIpc) is 2.70. The topological polar surface area (TPSA) is 151 Å². The van der Waals surface area contributed by atoms with Crippen LogP contribution in [0.3, 0.4) is 0 Å². The first-order chi connectivity index (χ1) is 13.1. The van der Waals surface area contributed by atoms with E-state index in [1.54, 1.807) is 20.8 Å². The number of carbonyl (C=O) groups excluding carboxylic acids is 3. The Morgan fingerprint density at radius 3 is 1.29 bits per heavy atom. The first-order valence-corrected chi connectivity index (χ1v) is 8.98. The van der Waals surface area contributed by atoms with Crippen LogP contribution in [-0.2, 0) is 19.2 Å². The Hall–Kier alpha value is -2.76. The Morgan fingerprint density at radius 2 is 1.29 bits per heavy atom. The summed E-state index contributed by atoms with van der Waals surface area (Å²) in [4.78, 5) is 40.9. The zero-order valence-corrected chi connectivity index (χ0v) is 18.4. The lowest BCUT2D eigenvalue weighted by atomic mass is 10.4. The van der Waals surface area contributed by atoms with Crippen molar-refractivity contribution in [2.24, 2.45) is 10.9 Å². The van der Waals surface area contributed by atoms with Crippen LogP contribution >= 0.6 is 0 Å². The van der Waals surface area contributed by atoms with E-state index in [0.717, 1.165) is 12.7 Å². The average molecular weight is 406 g/mol. The van der Waals surface area contributed by atoms with Crippen molar-refractivity contribution in [1.82, 2.24) is 0 Å². The molecule has 0 atom stereocenters. The van der Waals surface area contributed by atoms with E-state index < -0.39 is 5.97 Å². The van der Waals surface area contributed by atoms with Crippen LogP contribution in [0.1, 0.15) is 80.6 Å². The minimum atomic E-state index is -0.745. The van der Waals surface area contributed by atoms with E-state index in [9.17, 15) is 19.2 Å². The molecule has 0 aromatic carbocycles. The van der Waals surface area contributed by atoms with E-state index in [1.165, 1.54) is 6.21 Å². The van der Waals surface area contributed by atoms with Gasteiger partial charge in [0.2, 0.25) is 12.5 Å². The molecule has 0 aliphatic heterocycles. The molecule has 0 aromatic rings. The maximum absolute atomic E-state index is 9.81. The van der Waals surface area contributed by atoms with Crippen LogP contribution in [0.15, 0.2) is 5.16 Å². The number of oxime groups is 1. The number of Topliss-reactive ketones (excluding diaryl/α,β-unsaturated/α-hetero) is 1. The lowest BCUT2D eigenvalue weighted by molar-refractivity contribution is -0.136. The molecule has 0 saturated carbocycles. The number of carboxylic acid groups (broad SMARTS) is 1. The van der Waals surface area contributed by atoms with Crippen molar-refractivity contribution in [3.63, 3.8) is 0 Å². The van der Waals surface area contributed by atoms with Crippen LogP contribution in [0.4, 0.5) is 0 Å². The van der Waals surface area contributed by atoms with Gasteiger partial charge in [-0.1, -0.05) is 34.6 Å². The molecule has 0 rings (SSSR count). The second-order valence-electron chi connectivity index (χ2n) is 4.38. The Morgan fingerprint density at radius 1 is 1.00 bits per heavy atom. The molecule has 0 aliphatic carbocycles. The molecule has 1 amide bonds. The summed E-state index contributed by atoms with van der Waals surface area (Å²) >= 11 is 0. The number of carbonyl (C=O) groups is 4. The molecule has 0 saturated heterocycles. The third-order valence-corrected chi connectivity index (χ3v) is 1.74. The van der Waals surface area contributed by atoms with Gasteiger partial charge in [0.05, 0.1) is 0 Å². The summed E-state index contributed by atoms with van der Waals surface area (Å²) in [6, 6.07) is 0. The van der Waals surface area contributed by atoms with Crippen molar-refractivity contribution in [3.05, 3.63) is 11.4 Å². The van der Waals surface area contributed by atoms with E-state index in [4.69, 9.17) is 16.9 Å². The van der Waals surface area contributed by atoms with Gasteiger partial charge in [-0.3, -0.25) is 9.59 Å². The second kappa shape index (κ2) is 49.6. The first kappa shape index (κ1) is 40.1. The van der Waals surface area contributed by atoms with E-state index in [2.05, 4.69) is 15.7 Å². The molecule has 9 nitrogen and oxygen atoms in total. The quantitative estimate of drug-likeness (QED) is 0.208. The van der Waals surface area contributed by atoms with Gasteiger partial charge in [-0.25, -0.2) is 6.57 Å². The number of carboxylic acids is 1. The van der Waals surface area contributed by atoms with Gasteiger partial charge < -0.3 is 30.5 Å². The van der Waals surface area contributed by atoms with Gasteiger partial charge >= 0.3 is 5.97 Å². The van der Waals surface area contributed by atoms with Gasteiger partial charge in [-0.15, -0.1) is 5.16 Å². The van der Waals surface area contributed by atoms with Crippen LogP contribution in [0.2, 0.25) is 0 Å². The van der Waals surface area contributed by atoms with Crippen LogP contribution < -0.4 is 5.73 Å². The van der Waals surface area contributed by atoms with Crippen molar-refractivity contribution in [2.75, 3.05) is 6.54 Å². The molecule has 4 N–H and O–H groups in total. The maximum atomic E-state index is 9.81. The standard InChI is InChI=1S/C4H8O.2C3H7NO.C3H5N.C3H6O2.C3H6O/c1-3-4(2)5;1-2-3-4-5;1-2-3(4)5;1-3-4-2;1-2-3(4)5;1-2-3-4/h3H2,1-2H3;3,5H,2H2,1H3;2H2,1H3,(H2,4,5);3H2,1H3;2H2,1H3,(H,4,5);3H,2H2,1H3/b;4-3+;;;;. The number of nitrogens with zero attached hydrogens (tertiary/aromatic N) is 2. The Labute approximate surface area is 169 Å². The highest BCUT2D eigenvalue weighted by molar-refractivity contribution is 5.74. The van der Waals surface area contributed by atoms with E-state index in [1.807, 2.05) is 27.7 Å². The van der Waals surface area contributed by atoms with Gasteiger partial charge in [-0.05, 0) is 13.3 Å². The minimum Gasteiger partial charge on any atom is -0.481 e. The number of hydrogen-bond donors (Lipinski definition) is 3. The summed E-state index contributed by atoms with van der Waals surface area (Å²) in [5.74, 6) is -0.736. The smallest absolute Gasteiger partial charge is 0.303 e. The van der Waals surface area contributed by atoms with Crippen molar-refractivity contribution >= 4 is 30.2 Å². The molecule has 28 heavy (non-hydrogen) atoms. The molecule has 0 bridgehead atoms. The van der Waals surface area contributed by atoms with Crippen LogP contribution in [0.5, 0.6) is 0 Å². The van der Waals surface area contributed by atoms with Crippen molar-refractivity contribution < 1.29 is 29.5 Å². The minimum absolute atomic E-state index is 0.222. The molecule has 166 valence electrons. The maximum Gasteiger partial charge on any atom is 0.303 e. The van der Waals surface area contributed by atoms with Crippen LogP contribution in [0, 0.1) is 6.57 Å². The first-order valence-electron chi connectivity index (χ1n) is 8.98. The highest BCUT2D eigenvalue weighted by Crippen LogP contribution is 1.71. The van der Waals surface area contributed by atoms with Crippen molar-refractivity contribution in [3.8, 4) is 0 Å². The molecular weight excluding hydrogens is 366 g/mol. The number of aliphatic carboxylic acids is 1. The predicted octanol–water partition coefficient (Wildman–Crippen LogP) is 3.73. The molecule has 0 heterocycles. The Bertz CT molecular complexity index is 372.